The molecule has 0 spiro atoms. The van der Waals surface area contributed by atoms with Crippen LogP contribution in [0.25, 0.3) is 0 Å². The Labute approximate surface area is 52.9 Å². The van der Waals surface area contributed by atoms with Crippen molar-refractivity contribution in [3.63, 3.8) is 0 Å². The van der Waals surface area contributed by atoms with Gasteiger partial charge in [-0.3, -0.25) is 4.18 Å². The van der Waals surface area contributed by atoms with Crippen LogP contribution in [0.3, 0.4) is 0 Å². The van der Waals surface area contributed by atoms with Crippen LogP contribution >= 0.6 is 0 Å². The predicted octanol–water partition coefficient (Wildman–Crippen LogP) is -0.107. The third-order valence-electron chi connectivity index (χ3n) is 0.455. The minimum Gasteiger partial charge on any atom is -0.255 e. The van der Waals surface area contributed by atoms with Crippen LogP contribution in [0.4, 0.5) is 4.39 Å². The lowest BCUT2D eigenvalue weighted by Crippen LogP contribution is -2.06. The molecule has 3 nitrogen and oxygen atoms in total. The lowest BCUT2D eigenvalue weighted by molar-refractivity contribution is 0.348. The number of alkyl halides is 1. The highest BCUT2D eigenvalue weighted by Gasteiger charge is 2.07. The Bertz CT molecular complexity index is 200. The molecule has 0 bridgehead atoms. The quantitative estimate of drug-likeness (QED) is 0.418. The molecule has 0 fully saturated rings. The maximum atomic E-state index is 11.3. The summed E-state index contributed by atoms with van der Waals surface area (Å²) in [4.78, 5) is 0. The first-order chi connectivity index (χ1) is 4.12. The fourth-order valence-corrected chi connectivity index (χ4v) is 0.466. The van der Waals surface area contributed by atoms with Crippen molar-refractivity contribution in [3.8, 4) is 12.3 Å². The third-order valence-corrected chi connectivity index (χ3v) is 1.20. The molecule has 0 radical (unpaired) electrons. The molecule has 52 valence electrons. The van der Waals surface area contributed by atoms with Crippen molar-refractivity contribution >= 4 is 10.1 Å². The van der Waals surface area contributed by atoms with E-state index < -0.39 is 22.7 Å². The molecule has 5 heteroatoms. The van der Waals surface area contributed by atoms with Gasteiger partial charge >= 0.3 is 0 Å². The summed E-state index contributed by atoms with van der Waals surface area (Å²) in [6, 6.07) is -1.53. The first-order valence-electron chi connectivity index (χ1n) is 1.99. The third kappa shape index (κ3) is 3.94. The summed E-state index contributed by atoms with van der Waals surface area (Å²) in [6.45, 7) is -0.410. The highest BCUT2D eigenvalue weighted by molar-refractivity contribution is 7.86. The van der Waals surface area contributed by atoms with Crippen LogP contribution in [0, 0.1) is 12.3 Å². The van der Waals surface area contributed by atoms with Gasteiger partial charge in [0.1, 0.15) is 6.61 Å². The zero-order chi connectivity index (χ0) is 7.33. The molecular formula is C4H5FO3S. The first kappa shape index (κ1) is 8.40. The van der Waals surface area contributed by atoms with Crippen LogP contribution in [0.15, 0.2) is 0 Å². The van der Waals surface area contributed by atoms with Crippen molar-refractivity contribution in [2.45, 2.75) is 0 Å². The van der Waals surface area contributed by atoms with Crippen molar-refractivity contribution in [2.24, 2.45) is 0 Å². The maximum Gasteiger partial charge on any atom is 0.297 e. The number of rotatable bonds is 3. The molecule has 0 saturated carbocycles. The molecule has 0 aliphatic carbocycles. The minimum atomic E-state index is -3.99. The smallest absolute Gasteiger partial charge is 0.255 e. The molecule has 0 aromatic carbocycles. The largest absolute Gasteiger partial charge is 0.297 e. The first-order valence-corrected chi connectivity index (χ1v) is 3.56. The Balaban J connectivity index is 3.78. The van der Waals surface area contributed by atoms with Gasteiger partial charge in [0.05, 0.1) is 0 Å². The van der Waals surface area contributed by atoms with E-state index in [4.69, 9.17) is 0 Å². The molecule has 9 heavy (non-hydrogen) atoms. The fourth-order valence-electron chi connectivity index (χ4n) is 0.155. The van der Waals surface area contributed by atoms with Crippen molar-refractivity contribution in [1.82, 2.24) is 0 Å². The normalized spacial score (nSPS) is 10.7. The standard InChI is InChI=1S/C4H5FO3S/c1-2-3-8-9(6,7)4-5/h1H,3-4H2. The highest BCUT2D eigenvalue weighted by atomic mass is 32.2. The average molecular weight is 152 g/mol. The van der Waals surface area contributed by atoms with E-state index in [1.807, 2.05) is 5.92 Å². The number of hydrogen-bond acceptors (Lipinski definition) is 3. The highest BCUT2D eigenvalue weighted by Crippen LogP contribution is 1.91. The van der Waals surface area contributed by atoms with E-state index in [9.17, 15) is 12.8 Å². The van der Waals surface area contributed by atoms with E-state index in [0.29, 0.717) is 0 Å². The molecule has 0 saturated heterocycles. The van der Waals surface area contributed by atoms with Gasteiger partial charge in [0.2, 0.25) is 6.01 Å². The Morgan fingerprint density at radius 1 is 1.67 bits per heavy atom. The van der Waals surface area contributed by atoms with Gasteiger partial charge in [-0.2, -0.15) is 8.42 Å². The van der Waals surface area contributed by atoms with Crippen LogP contribution in [-0.4, -0.2) is 21.0 Å². The van der Waals surface area contributed by atoms with E-state index >= 15 is 0 Å². The van der Waals surface area contributed by atoms with E-state index in [1.165, 1.54) is 0 Å². The molecule has 0 aromatic heterocycles. The lowest BCUT2D eigenvalue weighted by atomic mass is 10.8. The fraction of sp³-hybridized carbons (Fsp3) is 0.500. The van der Waals surface area contributed by atoms with Crippen LogP contribution in [0.2, 0.25) is 0 Å². The number of terminal acetylenes is 1. The molecule has 0 N–H and O–H groups in total. The molecule has 0 amide bonds. The van der Waals surface area contributed by atoms with Crippen molar-refractivity contribution < 1.29 is 17.0 Å². The second-order valence-corrected chi connectivity index (χ2v) is 2.70. The van der Waals surface area contributed by atoms with Gasteiger partial charge in [-0.05, 0) is 0 Å². The van der Waals surface area contributed by atoms with Crippen molar-refractivity contribution in [3.05, 3.63) is 0 Å². The second kappa shape index (κ2) is 3.43. The molecule has 0 rings (SSSR count). The maximum absolute atomic E-state index is 11.3. The van der Waals surface area contributed by atoms with E-state index in [-0.39, 0.29) is 0 Å². The Morgan fingerprint density at radius 3 is 2.56 bits per heavy atom. The average Bonchev–Trinajstić information content (AvgIpc) is 1.84. The number of hydrogen-bond donors (Lipinski definition) is 0. The molecule has 0 aliphatic rings. The molecule has 0 aliphatic heterocycles. The topological polar surface area (TPSA) is 43.4 Å². The molecule has 0 unspecified atom stereocenters. The van der Waals surface area contributed by atoms with Crippen molar-refractivity contribution in [2.75, 3.05) is 12.6 Å². The molecule has 0 aromatic rings. The summed E-state index contributed by atoms with van der Waals surface area (Å²) in [5, 5.41) is 0. The van der Waals surface area contributed by atoms with Crippen LogP contribution in [0.5, 0.6) is 0 Å². The van der Waals surface area contributed by atoms with Crippen molar-refractivity contribution in [1.29, 1.82) is 0 Å². The Kier molecular flexibility index (Phi) is 3.20. The predicted molar refractivity (Wildman–Crippen MR) is 29.7 cm³/mol. The van der Waals surface area contributed by atoms with Crippen LogP contribution < -0.4 is 0 Å². The zero-order valence-corrected chi connectivity index (χ0v) is 5.32. The van der Waals surface area contributed by atoms with E-state index in [0.717, 1.165) is 0 Å². The molecular weight excluding hydrogens is 147 g/mol. The van der Waals surface area contributed by atoms with Crippen LogP contribution in [0.1, 0.15) is 0 Å². The monoisotopic (exact) mass is 152 g/mol. The second-order valence-electron chi connectivity index (χ2n) is 1.13. The minimum absolute atomic E-state index is 0.410. The number of halogens is 1. The van der Waals surface area contributed by atoms with Gasteiger partial charge in [-0.25, -0.2) is 4.39 Å². The zero-order valence-electron chi connectivity index (χ0n) is 4.50. The van der Waals surface area contributed by atoms with Gasteiger partial charge < -0.3 is 0 Å². The van der Waals surface area contributed by atoms with Gasteiger partial charge in [0.15, 0.2) is 0 Å². The lowest BCUT2D eigenvalue weighted by Gasteiger charge is -1.93. The Morgan fingerprint density at radius 2 is 2.22 bits per heavy atom. The summed E-state index contributed by atoms with van der Waals surface area (Å²) in [5.74, 6) is 1.89. The molecule has 0 heterocycles. The Hall–Kier alpha value is -0.600. The van der Waals surface area contributed by atoms with Crippen LogP contribution in [-0.2, 0) is 14.3 Å². The summed E-state index contributed by atoms with van der Waals surface area (Å²) >= 11 is 0. The van der Waals surface area contributed by atoms with Gasteiger partial charge in [-0.15, -0.1) is 6.42 Å². The summed E-state index contributed by atoms with van der Waals surface area (Å²) < 4.78 is 35.3. The van der Waals surface area contributed by atoms with Gasteiger partial charge in [0.25, 0.3) is 10.1 Å². The van der Waals surface area contributed by atoms with E-state index in [1.54, 1.807) is 0 Å². The van der Waals surface area contributed by atoms with Gasteiger partial charge in [0, 0.05) is 0 Å². The molecule has 0 atom stereocenters. The summed E-state index contributed by atoms with van der Waals surface area (Å²) in [6.07, 6.45) is 4.63. The summed E-state index contributed by atoms with van der Waals surface area (Å²) in [7, 11) is -3.99. The SMILES string of the molecule is C#CCOS(=O)(=O)CF. The summed E-state index contributed by atoms with van der Waals surface area (Å²) in [5.41, 5.74) is 0. The van der Waals surface area contributed by atoms with Gasteiger partial charge in [-0.1, -0.05) is 5.92 Å². The van der Waals surface area contributed by atoms with E-state index in [2.05, 4.69) is 10.6 Å².